The van der Waals surface area contributed by atoms with Crippen LogP contribution in [0, 0.1) is 5.92 Å². The molecular weight excluding hydrogens is 344 g/mol. The molecule has 3 fully saturated rings. The Balaban J connectivity index is 1.31. The molecule has 0 bridgehead atoms. The Hall–Kier alpha value is -1.70. The van der Waals surface area contributed by atoms with Gasteiger partial charge in [0.2, 0.25) is 0 Å². The van der Waals surface area contributed by atoms with Crippen molar-refractivity contribution in [1.29, 1.82) is 0 Å². The van der Waals surface area contributed by atoms with Gasteiger partial charge in [0, 0.05) is 44.5 Å². The van der Waals surface area contributed by atoms with E-state index in [-0.39, 0.29) is 11.9 Å². The van der Waals surface area contributed by atoms with Crippen LogP contribution in [0.5, 0.6) is 0 Å². The fourth-order valence-electron chi connectivity index (χ4n) is 4.18. The zero-order valence-corrected chi connectivity index (χ0v) is 16.3. The second-order valence-corrected chi connectivity index (χ2v) is 8.13. The summed E-state index contributed by atoms with van der Waals surface area (Å²) in [7, 11) is 0. The number of carbonyl (C=O) groups is 1. The summed E-state index contributed by atoms with van der Waals surface area (Å²) in [6.45, 7) is 10.2. The Morgan fingerprint density at radius 3 is 2.78 bits per heavy atom. The number of hydrogen-bond donors (Lipinski definition) is 1. The van der Waals surface area contributed by atoms with E-state index < -0.39 is 0 Å². The zero-order valence-electron chi connectivity index (χ0n) is 16.3. The number of anilines is 1. The monoisotopic (exact) mass is 374 g/mol. The molecule has 3 aliphatic heterocycles. The van der Waals surface area contributed by atoms with Crippen molar-refractivity contribution < 1.29 is 14.3 Å². The second kappa shape index (κ2) is 8.12. The first-order valence-electron chi connectivity index (χ1n) is 10.1. The molecule has 0 radical (unpaired) electrons. The SMILES string of the molecule is CC(C)[C@@H]1CN2C[C@@H](NC(=O)c3ccc(N4CCOCC4)nc3)C[C@H]2CO1. The lowest BCUT2D eigenvalue weighted by molar-refractivity contribution is -0.0683. The summed E-state index contributed by atoms with van der Waals surface area (Å²) in [5, 5.41) is 3.18. The van der Waals surface area contributed by atoms with Gasteiger partial charge in [0.25, 0.3) is 5.91 Å². The minimum atomic E-state index is -0.0396. The number of fused-ring (bicyclic) bond motifs is 1. The predicted octanol–water partition coefficient (Wildman–Crippen LogP) is 1.15. The van der Waals surface area contributed by atoms with E-state index in [1.807, 2.05) is 12.1 Å². The van der Waals surface area contributed by atoms with Crippen LogP contribution >= 0.6 is 0 Å². The number of rotatable bonds is 4. The predicted molar refractivity (Wildman–Crippen MR) is 103 cm³/mol. The van der Waals surface area contributed by atoms with E-state index in [0.717, 1.165) is 58.2 Å². The molecule has 4 heterocycles. The van der Waals surface area contributed by atoms with E-state index in [2.05, 4.69) is 33.9 Å². The van der Waals surface area contributed by atoms with Gasteiger partial charge in [0.05, 0.1) is 31.5 Å². The third kappa shape index (κ3) is 4.25. The molecule has 3 saturated heterocycles. The number of aromatic nitrogens is 1. The highest BCUT2D eigenvalue weighted by Crippen LogP contribution is 2.26. The molecule has 1 N–H and O–H groups in total. The molecule has 148 valence electrons. The molecule has 3 atom stereocenters. The topological polar surface area (TPSA) is 66.9 Å². The molecule has 7 heteroatoms. The van der Waals surface area contributed by atoms with E-state index >= 15 is 0 Å². The second-order valence-electron chi connectivity index (χ2n) is 8.13. The van der Waals surface area contributed by atoms with Gasteiger partial charge < -0.3 is 19.7 Å². The van der Waals surface area contributed by atoms with Crippen LogP contribution in [-0.4, -0.2) is 80.0 Å². The first-order chi connectivity index (χ1) is 13.1. The van der Waals surface area contributed by atoms with Crippen molar-refractivity contribution in [1.82, 2.24) is 15.2 Å². The molecule has 0 saturated carbocycles. The summed E-state index contributed by atoms with van der Waals surface area (Å²) in [6, 6.07) is 4.40. The van der Waals surface area contributed by atoms with Crippen LogP contribution in [0.1, 0.15) is 30.6 Å². The summed E-state index contributed by atoms with van der Waals surface area (Å²) >= 11 is 0. The number of pyridine rings is 1. The minimum absolute atomic E-state index is 0.0396. The lowest BCUT2D eigenvalue weighted by Crippen LogP contribution is -2.48. The lowest BCUT2D eigenvalue weighted by Gasteiger charge is -2.36. The standard InChI is InChI=1S/C20H30N4O3/c1-14(2)18-12-24-11-16(9-17(24)13-27-18)22-20(25)15-3-4-19(21-10-15)23-5-7-26-8-6-23/h3-4,10,14,16-18H,5-9,11-13H2,1-2H3,(H,22,25)/t16-,17-,18-/m0/s1. The van der Waals surface area contributed by atoms with Crippen molar-refractivity contribution in [3.8, 4) is 0 Å². The molecule has 1 aromatic rings. The average molecular weight is 374 g/mol. The smallest absolute Gasteiger partial charge is 0.253 e. The Morgan fingerprint density at radius 1 is 1.26 bits per heavy atom. The molecule has 4 rings (SSSR count). The maximum absolute atomic E-state index is 12.6. The number of nitrogens with zero attached hydrogens (tertiary/aromatic N) is 3. The molecular formula is C20H30N4O3. The van der Waals surface area contributed by atoms with E-state index in [0.29, 0.717) is 23.6 Å². The molecule has 0 spiro atoms. The summed E-state index contributed by atoms with van der Waals surface area (Å²) < 4.78 is 11.4. The molecule has 27 heavy (non-hydrogen) atoms. The van der Waals surface area contributed by atoms with Crippen LogP contribution in [0.3, 0.4) is 0 Å². The summed E-state index contributed by atoms with van der Waals surface area (Å²) in [5.41, 5.74) is 0.619. The van der Waals surface area contributed by atoms with Gasteiger partial charge in [0.1, 0.15) is 5.82 Å². The maximum atomic E-state index is 12.6. The van der Waals surface area contributed by atoms with Gasteiger partial charge in [-0.1, -0.05) is 13.8 Å². The normalized spacial score (nSPS) is 29.0. The fourth-order valence-corrected chi connectivity index (χ4v) is 4.18. The van der Waals surface area contributed by atoms with Crippen LogP contribution in [-0.2, 0) is 9.47 Å². The quantitative estimate of drug-likeness (QED) is 0.853. The van der Waals surface area contributed by atoms with Crippen LogP contribution in [0.25, 0.3) is 0 Å². The summed E-state index contributed by atoms with van der Waals surface area (Å²) in [4.78, 5) is 21.8. The van der Waals surface area contributed by atoms with Crippen molar-refractivity contribution in [3.05, 3.63) is 23.9 Å². The van der Waals surface area contributed by atoms with Gasteiger partial charge in [-0.2, -0.15) is 0 Å². The Morgan fingerprint density at radius 2 is 2.07 bits per heavy atom. The highest BCUT2D eigenvalue weighted by Gasteiger charge is 2.38. The van der Waals surface area contributed by atoms with Crippen molar-refractivity contribution in [2.45, 2.75) is 38.5 Å². The average Bonchev–Trinajstić information content (AvgIpc) is 3.10. The lowest BCUT2D eigenvalue weighted by atomic mass is 10.0. The van der Waals surface area contributed by atoms with Gasteiger partial charge in [-0.15, -0.1) is 0 Å². The van der Waals surface area contributed by atoms with Gasteiger partial charge in [-0.3, -0.25) is 9.69 Å². The molecule has 0 aromatic carbocycles. The largest absolute Gasteiger partial charge is 0.378 e. The van der Waals surface area contributed by atoms with Gasteiger partial charge in [-0.25, -0.2) is 4.98 Å². The highest BCUT2D eigenvalue weighted by atomic mass is 16.5. The molecule has 7 nitrogen and oxygen atoms in total. The fraction of sp³-hybridized carbons (Fsp3) is 0.700. The Labute approximate surface area is 161 Å². The Bertz CT molecular complexity index is 645. The molecule has 1 amide bonds. The van der Waals surface area contributed by atoms with E-state index in [9.17, 15) is 4.79 Å². The third-order valence-electron chi connectivity index (χ3n) is 5.87. The maximum Gasteiger partial charge on any atom is 0.253 e. The van der Waals surface area contributed by atoms with Crippen molar-refractivity contribution in [2.24, 2.45) is 5.92 Å². The third-order valence-corrected chi connectivity index (χ3v) is 5.87. The van der Waals surface area contributed by atoms with Crippen molar-refractivity contribution >= 4 is 11.7 Å². The Kier molecular flexibility index (Phi) is 5.61. The van der Waals surface area contributed by atoms with Crippen LogP contribution < -0.4 is 10.2 Å². The molecule has 0 aliphatic carbocycles. The number of carbonyl (C=O) groups excluding carboxylic acids is 1. The minimum Gasteiger partial charge on any atom is -0.378 e. The van der Waals surface area contributed by atoms with E-state index in [1.54, 1.807) is 6.20 Å². The molecule has 3 aliphatic rings. The number of morpholine rings is 2. The zero-order chi connectivity index (χ0) is 18.8. The van der Waals surface area contributed by atoms with Gasteiger partial charge >= 0.3 is 0 Å². The van der Waals surface area contributed by atoms with E-state index in [1.165, 1.54) is 0 Å². The number of ether oxygens (including phenoxy) is 2. The number of amides is 1. The first-order valence-corrected chi connectivity index (χ1v) is 10.1. The highest BCUT2D eigenvalue weighted by molar-refractivity contribution is 5.94. The van der Waals surface area contributed by atoms with Crippen LogP contribution in [0.4, 0.5) is 5.82 Å². The summed E-state index contributed by atoms with van der Waals surface area (Å²) in [6.07, 6.45) is 2.93. The van der Waals surface area contributed by atoms with Crippen molar-refractivity contribution in [2.75, 3.05) is 50.9 Å². The van der Waals surface area contributed by atoms with Crippen molar-refractivity contribution in [3.63, 3.8) is 0 Å². The number of nitrogens with one attached hydrogen (secondary N) is 1. The van der Waals surface area contributed by atoms with Gasteiger partial charge in [0.15, 0.2) is 0 Å². The van der Waals surface area contributed by atoms with Gasteiger partial charge in [-0.05, 0) is 24.5 Å². The summed E-state index contributed by atoms with van der Waals surface area (Å²) in [5.74, 6) is 1.39. The number of hydrogen-bond acceptors (Lipinski definition) is 6. The first kappa shape index (κ1) is 18.7. The van der Waals surface area contributed by atoms with Crippen LogP contribution in [0.15, 0.2) is 18.3 Å². The van der Waals surface area contributed by atoms with E-state index in [4.69, 9.17) is 9.47 Å². The molecule has 1 aromatic heterocycles. The van der Waals surface area contributed by atoms with Crippen LogP contribution in [0.2, 0.25) is 0 Å². The molecule has 0 unspecified atom stereocenters.